The molecule has 3 aromatic heterocycles. The first-order valence-electron chi connectivity index (χ1n) is 11.9. The van der Waals surface area contributed by atoms with Crippen LogP contribution in [0.15, 0.2) is 42.7 Å². The molecule has 4 aromatic rings. The summed E-state index contributed by atoms with van der Waals surface area (Å²) in [6.45, 7) is 9.41. The van der Waals surface area contributed by atoms with Crippen LogP contribution in [0.2, 0.25) is 0 Å². The van der Waals surface area contributed by atoms with Crippen molar-refractivity contribution in [1.29, 1.82) is 5.26 Å². The fourth-order valence-corrected chi connectivity index (χ4v) is 4.27. The zero-order valence-corrected chi connectivity index (χ0v) is 20.2. The van der Waals surface area contributed by atoms with Crippen molar-refractivity contribution < 1.29 is 0 Å². The SMILES string of the molecule is Cc1c(-c2ccc(C#N)cc2)nn(CC2CC2)c1Cc1cc(-n2nc(C(C)C)cc2C)ncn1. The van der Waals surface area contributed by atoms with Crippen LogP contribution in [0.25, 0.3) is 17.1 Å². The van der Waals surface area contributed by atoms with E-state index in [9.17, 15) is 0 Å². The monoisotopic (exact) mass is 451 g/mol. The summed E-state index contributed by atoms with van der Waals surface area (Å²) in [5.41, 5.74) is 8.05. The zero-order chi connectivity index (χ0) is 23.8. The van der Waals surface area contributed by atoms with Crippen molar-refractivity contribution >= 4 is 0 Å². The quantitative estimate of drug-likeness (QED) is 0.388. The van der Waals surface area contributed by atoms with E-state index in [1.54, 1.807) is 6.33 Å². The molecule has 0 saturated heterocycles. The number of rotatable bonds is 7. The number of benzene rings is 1. The van der Waals surface area contributed by atoms with Gasteiger partial charge in [0.25, 0.3) is 0 Å². The van der Waals surface area contributed by atoms with Crippen molar-refractivity contribution in [3.8, 4) is 23.1 Å². The van der Waals surface area contributed by atoms with Gasteiger partial charge in [0.1, 0.15) is 6.33 Å². The van der Waals surface area contributed by atoms with Gasteiger partial charge >= 0.3 is 0 Å². The lowest BCUT2D eigenvalue weighted by molar-refractivity contribution is 0.544. The highest BCUT2D eigenvalue weighted by Crippen LogP contribution is 2.33. The van der Waals surface area contributed by atoms with E-state index in [2.05, 4.69) is 54.5 Å². The van der Waals surface area contributed by atoms with Gasteiger partial charge < -0.3 is 0 Å². The van der Waals surface area contributed by atoms with Gasteiger partial charge in [-0.15, -0.1) is 0 Å². The number of hydrogen-bond donors (Lipinski definition) is 0. The second-order valence-corrected chi connectivity index (χ2v) is 9.56. The predicted molar refractivity (Wildman–Crippen MR) is 131 cm³/mol. The number of aryl methyl sites for hydroxylation is 1. The molecule has 7 nitrogen and oxygen atoms in total. The molecule has 172 valence electrons. The number of aromatic nitrogens is 6. The van der Waals surface area contributed by atoms with Crippen LogP contribution >= 0.6 is 0 Å². The Morgan fingerprint density at radius 2 is 1.82 bits per heavy atom. The Morgan fingerprint density at radius 1 is 1.06 bits per heavy atom. The van der Waals surface area contributed by atoms with Crippen LogP contribution in [0.1, 0.15) is 66.5 Å². The van der Waals surface area contributed by atoms with Crippen molar-refractivity contribution in [2.45, 2.75) is 59.4 Å². The lowest BCUT2D eigenvalue weighted by Crippen LogP contribution is -2.10. The fraction of sp³-hybridized carbons (Fsp3) is 0.370. The van der Waals surface area contributed by atoms with Crippen molar-refractivity contribution in [3.63, 3.8) is 0 Å². The van der Waals surface area contributed by atoms with E-state index < -0.39 is 0 Å². The minimum Gasteiger partial charge on any atom is -0.268 e. The van der Waals surface area contributed by atoms with Crippen molar-refractivity contribution in [1.82, 2.24) is 29.5 Å². The second-order valence-electron chi connectivity index (χ2n) is 9.56. The molecule has 0 radical (unpaired) electrons. The molecule has 1 aliphatic rings. The molecule has 3 heterocycles. The molecule has 5 rings (SSSR count). The van der Waals surface area contributed by atoms with Crippen LogP contribution in [0.3, 0.4) is 0 Å². The molecule has 0 amide bonds. The molecule has 7 heteroatoms. The molecule has 1 fully saturated rings. The molecule has 1 saturated carbocycles. The van der Waals surface area contributed by atoms with E-state index in [-0.39, 0.29) is 0 Å². The van der Waals surface area contributed by atoms with Crippen LogP contribution in [0, 0.1) is 31.1 Å². The van der Waals surface area contributed by atoms with Crippen LogP contribution in [0.4, 0.5) is 0 Å². The third-order valence-corrected chi connectivity index (χ3v) is 6.51. The van der Waals surface area contributed by atoms with Crippen LogP contribution in [0.5, 0.6) is 0 Å². The number of nitrogens with zero attached hydrogens (tertiary/aromatic N) is 7. The Balaban J connectivity index is 1.50. The van der Waals surface area contributed by atoms with Crippen molar-refractivity contribution in [2.75, 3.05) is 0 Å². The van der Waals surface area contributed by atoms with Gasteiger partial charge in [0.15, 0.2) is 5.82 Å². The van der Waals surface area contributed by atoms with E-state index >= 15 is 0 Å². The van der Waals surface area contributed by atoms with Crippen molar-refractivity contribution in [2.24, 2.45) is 5.92 Å². The van der Waals surface area contributed by atoms with Crippen LogP contribution in [-0.4, -0.2) is 29.5 Å². The standard InChI is InChI=1S/C27H29N7/c1-17(2)24-11-18(3)34(31-24)26-13-23(29-16-30-26)12-25-19(4)27(32-33(25)15-21-5-6-21)22-9-7-20(14-28)8-10-22/h7-11,13,16-17,21H,5-6,12,15H2,1-4H3. The van der Waals surface area contributed by atoms with E-state index in [1.165, 1.54) is 18.5 Å². The Bertz CT molecular complexity index is 1370. The summed E-state index contributed by atoms with van der Waals surface area (Å²) in [5, 5.41) is 18.9. The van der Waals surface area contributed by atoms with Crippen LogP contribution in [-0.2, 0) is 13.0 Å². The summed E-state index contributed by atoms with van der Waals surface area (Å²) in [5.74, 6) is 1.85. The molecule has 1 aromatic carbocycles. The predicted octanol–water partition coefficient (Wildman–Crippen LogP) is 5.14. The van der Waals surface area contributed by atoms with E-state index in [4.69, 9.17) is 15.5 Å². The minimum absolute atomic E-state index is 0.362. The van der Waals surface area contributed by atoms with Gasteiger partial charge in [-0.2, -0.15) is 15.5 Å². The topological polar surface area (TPSA) is 85.2 Å². The summed E-state index contributed by atoms with van der Waals surface area (Å²) in [6, 6.07) is 14.0. The molecule has 0 N–H and O–H groups in total. The first-order valence-corrected chi connectivity index (χ1v) is 11.9. The Kier molecular flexibility index (Phi) is 5.74. The van der Waals surface area contributed by atoms with Gasteiger partial charge in [0.05, 0.1) is 28.7 Å². The van der Waals surface area contributed by atoms with E-state index in [1.807, 2.05) is 35.0 Å². The number of nitriles is 1. The number of hydrogen-bond acceptors (Lipinski definition) is 5. The molecule has 0 spiro atoms. The maximum absolute atomic E-state index is 9.13. The minimum atomic E-state index is 0.362. The third kappa shape index (κ3) is 4.36. The summed E-state index contributed by atoms with van der Waals surface area (Å²) in [6.07, 6.45) is 4.83. The molecule has 0 aliphatic heterocycles. The van der Waals surface area contributed by atoms with Crippen LogP contribution < -0.4 is 0 Å². The molecule has 0 bridgehead atoms. The first-order chi connectivity index (χ1) is 16.4. The summed E-state index contributed by atoms with van der Waals surface area (Å²) in [4.78, 5) is 9.08. The molecule has 34 heavy (non-hydrogen) atoms. The van der Waals surface area contributed by atoms with Gasteiger partial charge in [0.2, 0.25) is 0 Å². The molecular formula is C27H29N7. The fourth-order valence-electron chi connectivity index (χ4n) is 4.27. The first kappa shape index (κ1) is 22.0. The Morgan fingerprint density at radius 3 is 2.47 bits per heavy atom. The van der Waals surface area contributed by atoms with E-state index in [0.717, 1.165) is 46.3 Å². The molecule has 1 aliphatic carbocycles. The highest BCUT2D eigenvalue weighted by molar-refractivity contribution is 5.65. The summed E-state index contributed by atoms with van der Waals surface area (Å²) < 4.78 is 4.06. The lowest BCUT2D eigenvalue weighted by Gasteiger charge is -2.09. The normalized spacial score (nSPS) is 13.4. The average molecular weight is 452 g/mol. The molecular weight excluding hydrogens is 422 g/mol. The Labute approximate surface area is 200 Å². The average Bonchev–Trinajstić information content (AvgIpc) is 3.50. The van der Waals surface area contributed by atoms with Gasteiger partial charge in [-0.25, -0.2) is 14.6 Å². The lowest BCUT2D eigenvalue weighted by atomic mass is 10.0. The maximum atomic E-state index is 9.13. The van der Waals surface area contributed by atoms with Gasteiger partial charge in [-0.1, -0.05) is 26.0 Å². The van der Waals surface area contributed by atoms with Gasteiger partial charge in [0, 0.05) is 36.0 Å². The Hall–Kier alpha value is -3.79. The largest absolute Gasteiger partial charge is 0.268 e. The maximum Gasteiger partial charge on any atom is 0.157 e. The smallest absolute Gasteiger partial charge is 0.157 e. The third-order valence-electron chi connectivity index (χ3n) is 6.51. The highest BCUT2D eigenvalue weighted by Gasteiger charge is 2.25. The highest BCUT2D eigenvalue weighted by atomic mass is 15.3. The molecule has 0 atom stereocenters. The summed E-state index contributed by atoms with van der Waals surface area (Å²) >= 11 is 0. The summed E-state index contributed by atoms with van der Waals surface area (Å²) in [7, 11) is 0. The molecule has 0 unspecified atom stereocenters. The van der Waals surface area contributed by atoms with Gasteiger partial charge in [-0.05, 0) is 62.3 Å². The zero-order valence-electron chi connectivity index (χ0n) is 20.2. The second kappa shape index (κ2) is 8.86. The van der Waals surface area contributed by atoms with Crippen molar-refractivity contribution in [3.05, 3.63) is 76.6 Å². The van der Waals surface area contributed by atoms with Gasteiger partial charge in [-0.3, -0.25) is 4.68 Å². The van der Waals surface area contributed by atoms with E-state index in [0.29, 0.717) is 23.8 Å².